The standard InChI is InChI=1S/C14H20N4O3/c1-9-2-4-10(5-3-9)16-14(19)12-8-11(17-15)6-7-13(12)18(20)21/h6-10,17H,2-5,15H2,1H3,(H,16,19). The van der Waals surface area contributed by atoms with E-state index in [4.69, 9.17) is 5.84 Å². The number of hydrogen-bond donors (Lipinski definition) is 3. The monoisotopic (exact) mass is 292 g/mol. The maximum Gasteiger partial charge on any atom is 0.282 e. The number of carbonyl (C=O) groups excluding carboxylic acids is 1. The minimum atomic E-state index is -0.557. The van der Waals surface area contributed by atoms with Gasteiger partial charge in [0.25, 0.3) is 11.6 Å². The van der Waals surface area contributed by atoms with Gasteiger partial charge in [-0.05, 0) is 43.7 Å². The van der Waals surface area contributed by atoms with Gasteiger partial charge in [0.15, 0.2) is 0 Å². The lowest BCUT2D eigenvalue weighted by molar-refractivity contribution is -0.385. The third-order valence-corrected chi connectivity index (χ3v) is 3.96. The van der Waals surface area contributed by atoms with Crippen molar-refractivity contribution in [3.05, 3.63) is 33.9 Å². The van der Waals surface area contributed by atoms with Gasteiger partial charge in [-0.3, -0.25) is 20.8 Å². The van der Waals surface area contributed by atoms with E-state index in [-0.39, 0.29) is 17.3 Å². The number of nitro benzene ring substituents is 1. The molecule has 0 radical (unpaired) electrons. The van der Waals surface area contributed by atoms with Crippen LogP contribution < -0.4 is 16.6 Å². The predicted octanol–water partition coefficient (Wildman–Crippen LogP) is 2.19. The minimum Gasteiger partial charge on any atom is -0.349 e. The fourth-order valence-electron chi connectivity index (χ4n) is 2.63. The Morgan fingerprint density at radius 2 is 2.00 bits per heavy atom. The van der Waals surface area contributed by atoms with Crippen LogP contribution in [0.4, 0.5) is 11.4 Å². The molecule has 7 nitrogen and oxygen atoms in total. The number of nitrogens with one attached hydrogen (secondary N) is 2. The van der Waals surface area contributed by atoms with Crippen molar-refractivity contribution in [1.29, 1.82) is 0 Å². The van der Waals surface area contributed by atoms with E-state index >= 15 is 0 Å². The van der Waals surface area contributed by atoms with Crippen LogP contribution in [0.3, 0.4) is 0 Å². The Bertz CT molecular complexity index is 539. The van der Waals surface area contributed by atoms with Gasteiger partial charge in [-0.15, -0.1) is 0 Å². The second kappa shape index (κ2) is 6.53. The van der Waals surface area contributed by atoms with Gasteiger partial charge in [0.1, 0.15) is 5.56 Å². The lowest BCUT2D eigenvalue weighted by atomic mass is 9.87. The first kappa shape index (κ1) is 15.2. The van der Waals surface area contributed by atoms with Gasteiger partial charge in [-0.1, -0.05) is 6.92 Å². The minimum absolute atomic E-state index is 0.0362. The van der Waals surface area contributed by atoms with Crippen LogP contribution in [-0.4, -0.2) is 16.9 Å². The fraction of sp³-hybridized carbons (Fsp3) is 0.500. The molecule has 114 valence electrons. The topological polar surface area (TPSA) is 110 Å². The highest BCUT2D eigenvalue weighted by atomic mass is 16.6. The molecule has 21 heavy (non-hydrogen) atoms. The second-order valence-corrected chi connectivity index (χ2v) is 5.56. The summed E-state index contributed by atoms with van der Waals surface area (Å²) in [5.41, 5.74) is 2.68. The zero-order valence-electron chi connectivity index (χ0n) is 12.0. The molecule has 2 rings (SSSR count). The number of anilines is 1. The number of nitrogen functional groups attached to an aromatic ring is 1. The van der Waals surface area contributed by atoms with E-state index in [0.717, 1.165) is 25.7 Å². The molecular formula is C14H20N4O3. The first-order valence-electron chi connectivity index (χ1n) is 7.07. The fourth-order valence-corrected chi connectivity index (χ4v) is 2.63. The summed E-state index contributed by atoms with van der Waals surface area (Å²) < 4.78 is 0. The number of nitro groups is 1. The first-order valence-corrected chi connectivity index (χ1v) is 7.07. The Morgan fingerprint density at radius 3 is 2.57 bits per heavy atom. The zero-order chi connectivity index (χ0) is 15.4. The molecule has 1 amide bonds. The third-order valence-electron chi connectivity index (χ3n) is 3.96. The van der Waals surface area contributed by atoms with Crippen LogP contribution in [0.5, 0.6) is 0 Å². The van der Waals surface area contributed by atoms with Crippen molar-refractivity contribution in [2.75, 3.05) is 5.43 Å². The molecule has 0 heterocycles. The van der Waals surface area contributed by atoms with Crippen LogP contribution in [-0.2, 0) is 0 Å². The second-order valence-electron chi connectivity index (χ2n) is 5.56. The van der Waals surface area contributed by atoms with Crippen molar-refractivity contribution in [3.8, 4) is 0 Å². The molecule has 1 saturated carbocycles. The number of carbonyl (C=O) groups is 1. The van der Waals surface area contributed by atoms with Crippen molar-refractivity contribution in [3.63, 3.8) is 0 Å². The third kappa shape index (κ3) is 3.69. The van der Waals surface area contributed by atoms with Crippen molar-refractivity contribution in [1.82, 2.24) is 5.32 Å². The number of hydrogen-bond acceptors (Lipinski definition) is 5. The molecule has 4 N–H and O–H groups in total. The molecular weight excluding hydrogens is 272 g/mol. The van der Waals surface area contributed by atoms with E-state index in [9.17, 15) is 14.9 Å². The number of nitrogens with zero attached hydrogens (tertiary/aromatic N) is 1. The van der Waals surface area contributed by atoms with Crippen molar-refractivity contribution in [2.24, 2.45) is 11.8 Å². The predicted molar refractivity (Wildman–Crippen MR) is 79.8 cm³/mol. The summed E-state index contributed by atoms with van der Waals surface area (Å²) in [5, 5.41) is 13.9. The number of amides is 1. The van der Waals surface area contributed by atoms with E-state index in [2.05, 4.69) is 17.7 Å². The van der Waals surface area contributed by atoms with Crippen molar-refractivity contribution >= 4 is 17.3 Å². The van der Waals surface area contributed by atoms with Gasteiger partial charge in [0.2, 0.25) is 0 Å². The summed E-state index contributed by atoms with van der Waals surface area (Å²) in [6, 6.07) is 4.24. The number of benzene rings is 1. The Balaban J connectivity index is 2.15. The zero-order valence-corrected chi connectivity index (χ0v) is 12.0. The van der Waals surface area contributed by atoms with Crippen LogP contribution in [0.25, 0.3) is 0 Å². The molecule has 0 bridgehead atoms. The highest BCUT2D eigenvalue weighted by Gasteiger charge is 2.25. The highest BCUT2D eigenvalue weighted by molar-refractivity contribution is 5.99. The molecule has 1 fully saturated rings. The maximum absolute atomic E-state index is 12.3. The number of rotatable bonds is 4. The Labute approximate surface area is 123 Å². The van der Waals surface area contributed by atoms with Gasteiger partial charge in [0, 0.05) is 17.8 Å². The van der Waals surface area contributed by atoms with E-state index < -0.39 is 10.8 Å². The van der Waals surface area contributed by atoms with Crippen LogP contribution in [0.1, 0.15) is 43.0 Å². The van der Waals surface area contributed by atoms with Crippen LogP contribution >= 0.6 is 0 Å². The summed E-state index contributed by atoms with van der Waals surface area (Å²) in [6.07, 6.45) is 3.96. The van der Waals surface area contributed by atoms with Gasteiger partial charge in [0.05, 0.1) is 4.92 Å². The number of hydrazine groups is 1. The molecule has 7 heteroatoms. The Morgan fingerprint density at radius 1 is 1.33 bits per heavy atom. The van der Waals surface area contributed by atoms with Gasteiger partial charge in [-0.25, -0.2) is 0 Å². The molecule has 1 aliphatic rings. The molecule has 0 saturated heterocycles. The Kier molecular flexibility index (Phi) is 4.74. The quantitative estimate of drug-likeness (QED) is 0.447. The van der Waals surface area contributed by atoms with E-state index in [1.165, 1.54) is 18.2 Å². The summed E-state index contributed by atoms with van der Waals surface area (Å²) in [5.74, 6) is 5.55. The summed E-state index contributed by atoms with van der Waals surface area (Å²) in [7, 11) is 0. The van der Waals surface area contributed by atoms with Gasteiger partial charge >= 0.3 is 0 Å². The van der Waals surface area contributed by atoms with Crippen molar-refractivity contribution < 1.29 is 9.72 Å². The molecule has 0 aromatic heterocycles. The van der Waals surface area contributed by atoms with E-state index in [1.54, 1.807) is 0 Å². The molecule has 1 aliphatic carbocycles. The van der Waals surface area contributed by atoms with Crippen molar-refractivity contribution in [2.45, 2.75) is 38.6 Å². The maximum atomic E-state index is 12.3. The van der Waals surface area contributed by atoms with E-state index in [1.807, 2.05) is 0 Å². The molecule has 0 spiro atoms. The summed E-state index contributed by atoms with van der Waals surface area (Å²) in [6.45, 7) is 2.19. The first-order chi connectivity index (χ1) is 10.0. The lowest BCUT2D eigenvalue weighted by Gasteiger charge is -2.26. The van der Waals surface area contributed by atoms with Gasteiger partial charge in [-0.2, -0.15) is 0 Å². The lowest BCUT2D eigenvalue weighted by Crippen LogP contribution is -2.37. The van der Waals surface area contributed by atoms with E-state index in [0.29, 0.717) is 11.6 Å². The molecule has 0 atom stereocenters. The average Bonchev–Trinajstić information content (AvgIpc) is 2.48. The number of nitrogens with two attached hydrogens (primary N) is 1. The highest BCUT2D eigenvalue weighted by Crippen LogP contribution is 2.26. The largest absolute Gasteiger partial charge is 0.349 e. The molecule has 1 aromatic rings. The molecule has 0 unspecified atom stereocenters. The Hall–Kier alpha value is -2.15. The van der Waals surface area contributed by atoms with Crippen LogP contribution in [0, 0.1) is 16.0 Å². The normalized spacial score (nSPS) is 21.6. The SMILES string of the molecule is CC1CCC(NC(=O)c2cc(NN)ccc2[N+](=O)[O-])CC1. The van der Waals surface area contributed by atoms with Crippen LogP contribution in [0.2, 0.25) is 0 Å². The average molecular weight is 292 g/mol. The van der Waals surface area contributed by atoms with Crippen LogP contribution in [0.15, 0.2) is 18.2 Å². The van der Waals surface area contributed by atoms with Gasteiger partial charge < -0.3 is 10.7 Å². The summed E-state index contributed by atoms with van der Waals surface area (Å²) >= 11 is 0. The summed E-state index contributed by atoms with van der Waals surface area (Å²) in [4.78, 5) is 22.8. The smallest absolute Gasteiger partial charge is 0.282 e. The molecule has 0 aliphatic heterocycles. The molecule has 1 aromatic carbocycles.